The third-order valence-corrected chi connectivity index (χ3v) is 5.32. The van der Waals surface area contributed by atoms with Gasteiger partial charge in [0.2, 0.25) is 0 Å². The first-order valence-electron chi connectivity index (χ1n) is 8.94. The summed E-state index contributed by atoms with van der Waals surface area (Å²) in [5.41, 5.74) is 2.14. The summed E-state index contributed by atoms with van der Waals surface area (Å²) in [6.45, 7) is 1.52. The van der Waals surface area contributed by atoms with E-state index in [1.165, 1.54) is 0 Å². The van der Waals surface area contributed by atoms with E-state index in [4.69, 9.17) is 16.3 Å². The second-order valence-electron chi connectivity index (χ2n) is 6.96. The molecule has 1 fully saturated rings. The zero-order chi connectivity index (χ0) is 18.6. The number of halogens is 3. The fourth-order valence-electron chi connectivity index (χ4n) is 3.51. The van der Waals surface area contributed by atoms with Crippen LogP contribution in [0.3, 0.4) is 0 Å². The van der Waals surface area contributed by atoms with Gasteiger partial charge in [-0.25, -0.2) is 8.78 Å². The number of aryl methyl sites for hydroxylation is 1. The third-order valence-electron chi connectivity index (χ3n) is 5.07. The predicted molar refractivity (Wildman–Crippen MR) is 101 cm³/mol. The lowest BCUT2D eigenvalue weighted by Gasteiger charge is -2.38. The summed E-state index contributed by atoms with van der Waals surface area (Å²) >= 11 is 5.91. The molecular weight excluding hydrogens is 356 g/mol. The van der Waals surface area contributed by atoms with Gasteiger partial charge in [-0.1, -0.05) is 35.9 Å². The van der Waals surface area contributed by atoms with Crippen LogP contribution in [0.25, 0.3) is 0 Å². The molecule has 2 aromatic carbocycles. The molecule has 1 unspecified atom stereocenters. The number of ether oxygens (including phenoxy) is 1. The van der Waals surface area contributed by atoms with E-state index in [2.05, 4.69) is 4.90 Å². The van der Waals surface area contributed by atoms with Crippen LogP contribution in [-0.2, 0) is 13.0 Å². The van der Waals surface area contributed by atoms with E-state index in [-0.39, 0.29) is 6.42 Å². The van der Waals surface area contributed by atoms with Crippen molar-refractivity contribution in [3.8, 4) is 5.75 Å². The minimum Gasteiger partial charge on any atom is -0.497 e. The fourth-order valence-corrected chi connectivity index (χ4v) is 3.64. The number of hydrogen-bond acceptors (Lipinski definition) is 2. The molecule has 3 rings (SSSR count). The minimum absolute atomic E-state index is 0.0800. The summed E-state index contributed by atoms with van der Waals surface area (Å²) in [5, 5.41) is 0.690. The molecule has 26 heavy (non-hydrogen) atoms. The Hall–Kier alpha value is -1.65. The zero-order valence-electron chi connectivity index (χ0n) is 14.9. The Labute approximate surface area is 158 Å². The smallest absolute Gasteiger partial charge is 0.253 e. The Balaban J connectivity index is 1.61. The SMILES string of the molecule is COc1cccc(CCC2CN(Cc3ccc(Cl)cc3)CCC2(F)F)c1. The summed E-state index contributed by atoms with van der Waals surface area (Å²) in [5.74, 6) is -2.47. The third kappa shape index (κ3) is 4.95. The van der Waals surface area contributed by atoms with Crippen LogP contribution in [0.2, 0.25) is 5.02 Å². The second kappa shape index (κ2) is 8.36. The molecule has 1 aliphatic rings. The van der Waals surface area contributed by atoms with Crippen molar-refractivity contribution in [1.29, 1.82) is 0 Å². The Bertz CT molecular complexity index is 720. The lowest BCUT2D eigenvalue weighted by atomic mass is 9.88. The maximum absolute atomic E-state index is 14.4. The highest BCUT2D eigenvalue weighted by atomic mass is 35.5. The van der Waals surface area contributed by atoms with Crippen LogP contribution in [0, 0.1) is 5.92 Å². The molecule has 0 spiro atoms. The van der Waals surface area contributed by atoms with Crippen LogP contribution in [0.4, 0.5) is 8.78 Å². The largest absolute Gasteiger partial charge is 0.497 e. The minimum atomic E-state index is -2.60. The second-order valence-corrected chi connectivity index (χ2v) is 7.40. The monoisotopic (exact) mass is 379 g/mol. The first kappa shape index (κ1) is 19.1. The first-order chi connectivity index (χ1) is 12.5. The van der Waals surface area contributed by atoms with Crippen molar-refractivity contribution in [3.63, 3.8) is 0 Å². The molecule has 5 heteroatoms. The average molecular weight is 380 g/mol. The maximum Gasteiger partial charge on any atom is 0.253 e. The molecule has 0 radical (unpaired) electrons. The number of hydrogen-bond donors (Lipinski definition) is 0. The molecule has 140 valence electrons. The van der Waals surface area contributed by atoms with Crippen molar-refractivity contribution in [2.45, 2.75) is 31.7 Å². The van der Waals surface area contributed by atoms with Crippen LogP contribution >= 0.6 is 11.6 Å². The Morgan fingerprint density at radius 3 is 2.65 bits per heavy atom. The lowest BCUT2D eigenvalue weighted by Crippen LogP contribution is -2.46. The maximum atomic E-state index is 14.4. The van der Waals surface area contributed by atoms with Crippen molar-refractivity contribution in [2.24, 2.45) is 5.92 Å². The van der Waals surface area contributed by atoms with E-state index in [1.807, 2.05) is 48.5 Å². The molecule has 2 aromatic rings. The van der Waals surface area contributed by atoms with Gasteiger partial charge in [-0.15, -0.1) is 0 Å². The summed E-state index contributed by atoms with van der Waals surface area (Å²) in [6, 6.07) is 15.3. The van der Waals surface area contributed by atoms with Gasteiger partial charge in [0.15, 0.2) is 0 Å². The van der Waals surface area contributed by atoms with Gasteiger partial charge in [-0.2, -0.15) is 0 Å². The number of rotatable bonds is 6. The average Bonchev–Trinajstić information content (AvgIpc) is 2.64. The molecule has 1 atom stereocenters. The number of alkyl halides is 2. The number of likely N-dealkylation sites (tertiary alicyclic amines) is 1. The molecule has 0 amide bonds. The van der Waals surface area contributed by atoms with Crippen LogP contribution in [-0.4, -0.2) is 31.0 Å². The number of benzene rings is 2. The van der Waals surface area contributed by atoms with Gasteiger partial charge in [0.1, 0.15) is 5.75 Å². The summed E-state index contributed by atoms with van der Waals surface area (Å²) in [4.78, 5) is 2.12. The first-order valence-corrected chi connectivity index (χ1v) is 9.31. The molecular formula is C21H24ClF2NO. The summed E-state index contributed by atoms with van der Waals surface area (Å²) in [6.07, 6.45) is 1.02. The highest BCUT2D eigenvalue weighted by molar-refractivity contribution is 6.30. The Kier molecular flexibility index (Phi) is 6.15. The molecule has 2 nitrogen and oxygen atoms in total. The van der Waals surface area contributed by atoms with E-state index in [0.29, 0.717) is 37.5 Å². The number of nitrogens with zero attached hydrogens (tertiary/aromatic N) is 1. The topological polar surface area (TPSA) is 12.5 Å². The van der Waals surface area contributed by atoms with Gasteiger partial charge < -0.3 is 4.74 Å². The van der Waals surface area contributed by atoms with Crippen LogP contribution in [0.5, 0.6) is 5.75 Å². The van der Waals surface area contributed by atoms with Gasteiger partial charge in [0.05, 0.1) is 7.11 Å². The van der Waals surface area contributed by atoms with Gasteiger partial charge in [-0.05, 0) is 48.2 Å². The van der Waals surface area contributed by atoms with Crippen LogP contribution < -0.4 is 4.74 Å². The van der Waals surface area contributed by atoms with Crippen molar-refractivity contribution in [2.75, 3.05) is 20.2 Å². The van der Waals surface area contributed by atoms with E-state index >= 15 is 0 Å². The van der Waals surface area contributed by atoms with Gasteiger partial charge in [0, 0.05) is 37.0 Å². The van der Waals surface area contributed by atoms with E-state index in [0.717, 1.165) is 16.9 Å². The molecule has 0 N–H and O–H groups in total. The number of piperidine rings is 1. The molecule has 0 saturated carbocycles. The molecule has 1 heterocycles. The Morgan fingerprint density at radius 2 is 1.92 bits per heavy atom. The van der Waals surface area contributed by atoms with E-state index in [9.17, 15) is 8.78 Å². The zero-order valence-corrected chi connectivity index (χ0v) is 15.7. The number of methoxy groups -OCH3 is 1. The molecule has 0 aromatic heterocycles. The summed E-state index contributed by atoms with van der Waals surface area (Å²) < 4.78 is 34.0. The van der Waals surface area contributed by atoms with Crippen LogP contribution in [0.1, 0.15) is 24.0 Å². The van der Waals surface area contributed by atoms with Crippen molar-refractivity contribution in [3.05, 3.63) is 64.7 Å². The molecule has 1 saturated heterocycles. The molecule has 0 bridgehead atoms. The highest BCUT2D eigenvalue weighted by Gasteiger charge is 2.43. The Morgan fingerprint density at radius 1 is 1.15 bits per heavy atom. The van der Waals surface area contributed by atoms with Crippen molar-refractivity contribution < 1.29 is 13.5 Å². The summed E-state index contributed by atoms with van der Waals surface area (Å²) in [7, 11) is 1.61. The fraction of sp³-hybridized carbons (Fsp3) is 0.429. The van der Waals surface area contributed by atoms with Gasteiger partial charge in [0.25, 0.3) is 5.92 Å². The van der Waals surface area contributed by atoms with Crippen molar-refractivity contribution in [1.82, 2.24) is 4.90 Å². The predicted octanol–water partition coefficient (Wildman–Crippen LogP) is 5.44. The van der Waals surface area contributed by atoms with Crippen molar-refractivity contribution >= 4 is 11.6 Å². The molecule has 0 aliphatic carbocycles. The standard InChI is InChI=1S/C21H24ClF2NO/c1-26-20-4-2-3-16(13-20)5-8-18-15-25(12-11-21(18,23)24)14-17-6-9-19(22)10-7-17/h2-4,6-7,9-10,13,18H,5,8,11-12,14-15H2,1H3. The normalized spacial score (nSPS) is 20.1. The van der Waals surface area contributed by atoms with E-state index in [1.54, 1.807) is 7.11 Å². The quantitative estimate of drug-likeness (QED) is 0.662. The highest BCUT2D eigenvalue weighted by Crippen LogP contribution is 2.37. The van der Waals surface area contributed by atoms with E-state index < -0.39 is 11.8 Å². The molecule has 1 aliphatic heterocycles. The lowest BCUT2D eigenvalue weighted by molar-refractivity contribution is -0.109. The van der Waals surface area contributed by atoms with Gasteiger partial charge in [-0.3, -0.25) is 4.90 Å². The van der Waals surface area contributed by atoms with Gasteiger partial charge >= 0.3 is 0 Å². The van der Waals surface area contributed by atoms with Crippen LogP contribution in [0.15, 0.2) is 48.5 Å².